The van der Waals surface area contributed by atoms with Crippen LogP contribution >= 0.6 is 11.3 Å². The summed E-state index contributed by atoms with van der Waals surface area (Å²) in [4.78, 5) is 12.9. The molecule has 0 bridgehead atoms. The minimum absolute atomic E-state index is 0.0652. The van der Waals surface area contributed by atoms with Crippen LogP contribution in [0.15, 0.2) is 9.00 Å². The van der Waals surface area contributed by atoms with Gasteiger partial charge in [-0.2, -0.15) is 0 Å². The summed E-state index contributed by atoms with van der Waals surface area (Å²) in [5, 5.41) is 4.77. The van der Waals surface area contributed by atoms with Crippen LogP contribution in [0.5, 0.6) is 0 Å². The van der Waals surface area contributed by atoms with E-state index in [2.05, 4.69) is 9.71 Å². The van der Waals surface area contributed by atoms with Gasteiger partial charge in [-0.25, -0.2) is 26.7 Å². The number of H-pyrrole nitrogens is 1. The van der Waals surface area contributed by atoms with Gasteiger partial charge in [-0.1, -0.05) is 11.3 Å². The molecule has 11 heteroatoms. The highest BCUT2D eigenvalue weighted by Crippen LogP contribution is 2.15. The minimum Gasteiger partial charge on any atom is -0.315 e. The first-order valence-electron chi connectivity index (χ1n) is 4.82. The van der Waals surface area contributed by atoms with Crippen molar-refractivity contribution >= 4 is 31.4 Å². The zero-order valence-corrected chi connectivity index (χ0v) is 11.9. The summed E-state index contributed by atoms with van der Waals surface area (Å²) in [6.45, 7) is 1.40. The molecule has 1 heterocycles. The number of nitrogens with one attached hydrogen (secondary N) is 2. The molecule has 0 fully saturated rings. The van der Waals surface area contributed by atoms with E-state index in [9.17, 15) is 21.6 Å². The van der Waals surface area contributed by atoms with E-state index in [-0.39, 0.29) is 28.6 Å². The van der Waals surface area contributed by atoms with Gasteiger partial charge in [-0.05, 0) is 13.3 Å². The minimum atomic E-state index is -3.79. The largest absolute Gasteiger partial charge is 0.315 e. The average Bonchev–Trinajstić information content (AvgIpc) is 2.52. The molecule has 0 unspecified atom stereocenters. The molecule has 0 radical (unpaired) electrons. The quantitative estimate of drug-likeness (QED) is 0.560. The van der Waals surface area contributed by atoms with Crippen LogP contribution in [0, 0.1) is 6.92 Å². The molecule has 8 nitrogen and oxygen atoms in total. The van der Waals surface area contributed by atoms with Crippen LogP contribution in [0.3, 0.4) is 0 Å². The highest BCUT2D eigenvalue weighted by Gasteiger charge is 2.19. The maximum absolute atomic E-state index is 11.8. The Morgan fingerprint density at radius 3 is 2.39 bits per heavy atom. The normalized spacial score (nSPS) is 12.8. The van der Waals surface area contributed by atoms with Gasteiger partial charge in [0.1, 0.15) is 0 Å². The van der Waals surface area contributed by atoms with E-state index in [4.69, 9.17) is 5.14 Å². The summed E-state index contributed by atoms with van der Waals surface area (Å²) in [5.41, 5.74) is 0.254. The summed E-state index contributed by atoms with van der Waals surface area (Å²) in [5.74, 6) is -0.308. The summed E-state index contributed by atoms with van der Waals surface area (Å²) < 4.78 is 46.9. The number of hydrogen-bond acceptors (Lipinski definition) is 6. The molecule has 0 saturated carbocycles. The molecular formula is C7H13N3O5S3. The molecule has 1 rings (SSSR count). The Kier molecular flexibility index (Phi) is 4.66. The molecule has 1 aromatic rings. The van der Waals surface area contributed by atoms with Crippen molar-refractivity contribution < 1.29 is 16.8 Å². The van der Waals surface area contributed by atoms with Gasteiger partial charge < -0.3 is 4.98 Å². The number of aromatic amines is 1. The van der Waals surface area contributed by atoms with Crippen LogP contribution in [0.1, 0.15) is 12.1 Å². The number of thiazole rings is 1. The first kappa shape index (κ1) is 15.3. The van der Waals surface area contributed by atoms with Crippen molar-refractivity contribution in [2.75, 3.05) is 12.3 Å². The Morgan fingerprint density at radius 2 is 1.94 bits per heavy atom. The predicted octanol–water partition coefficient (Wildman–Crippen LogP) is -1.30. The first-order valence-corrected chi connectivity index (χ1v) is 8.83. The molecule has 18 heavy (non-hydrogen) atoms. The average molecular weight is 315 g/mol. The number of aryl methyl sites for hydroxylation is 1. The van der Waals surface area contributed by atoms with Crippen molar-refractivity contribution in [2.24, 2.45) is 5.14 Å². The molecule has 0 aromatic carbocycles. The van der Waals surface area contributed by atoms with Gasteiger partial charge in [0, 0.05) is 12.2 Å². The number of hydrogen-bond donors (Lipinski definition) is 3. The second-order valence-electron chi connectivity index (χ2n) is 3.55. The van der Waals surface area contributed by atoms with Crippen molar-refractivity contribution in [1.82, 2.24) is 9.71 Å². The standard InChI is InChI=1S/C7H13N3O5S3/c1-5-6(16-7(11)10-5)18(14,15)9-3-2-4-17(8,12)13/h9H,2-4H2,1H3,(H,10,11)(H2,8,12,13). The van der Waals surface area contributed by atoms with E-state index >= 15 is 0 Å². The number of aromatic nitrogens is 1. The van der Waals surface area contributed by atoms with Crippen LogP contribution in [-0.4, -0.2) is 34.1 Å². The third-order valence-corrected chi connectivity index (χ3v) is 5.85. The fraction of sp³-hybridized carbons (Fsp3) is 0.571. The zero-order chi connectivity index (χ0) is 14.0. The van der Waals surface area contributed by atoms with E-state index in [0.29, 0.717) is 11.3 Å². The number of primary sulfonamides is 1. The molecular weight excluding hydrogens is 302 g/mol. The maximum atomic E-state index is 11.8. The highest BCUT2D eigenvalue weighted by molar-refractivity contribution is 7.91. The van der Waals surface area contributed by atoms with Gasteiger partial charge in [0.15, 0.2) is 4.21 Å². The molecule has 4 N–H and O–H groups in total. The predicted molar refractivity (Wildman–Crippen MR) is 67.5 cm³/mol. The van der Waals surface area contributed by atoms with Crippen LogP contribution in [-0.2, 0) is 20.0 Å². The second-order valence-corrected chi connectivity index (χ2v) is 8.22. The highest BCUT2D eigenvalue weighted by atomic mass is 32.2. The van der Waals surface area contributed by atoms with Gasteiger partial charge in [-0.3, -0.25) is 4.79 Å². The van der Waals surface area contributed by atoms with Crippen LogP contribution in [0.25, 0.3) is 0 Å². The summed E-state index contributed by atoms with van der Waals surface area (Å²) in [6.07, 6.45) is 0.0659. The molecule has 1 aromatic heterocycles. The fourth-order valence-corrected chi connectivity index (χ4v) is 4.16. The molecule has 104 valence electrons. The first-order chi connectivity index (χ1) is 8.12. The molecule has 0 aliphatic carbocycles. The SMILES string of the molecule is Cc1[nH]c(=O)sc1S(=O)(=O)NCCCS(N)(=O)=O. The van der Waals surface area contributed by atoms with Crippen LogP contribution in [0.2, 0.25) is 0 Å². The van der Waals surface area contributed by atoms with Gasteiger partial charge in [0.05, 0.1) is 5.75 Å². The smallest absolute Gasteiger partial charge is 0.305 e. The molecule has 0 amide bonds. The third kappa shape index (κ3) is 4.49. The zero-order valence-electron chi connectivity index (χ0n) is 9.46. The summed E-state index contributed by atoms with van der Waals surface area (Å²) in [7, 11) is -7.39. The lowest BCUT2D eigenvalue weighted by Crippen LogP contribution is -2.27. The Bertz CT molecular complexity index is 669. The Morgan fingerprint density at radius 1 is 1.33 bits per heavy atom. The van der Waals surface area contributed by atoms with Gasteiger partial charge in [0.2, 0.25) is 10.0 Å². The third-order valence-electron chi connectivity index (χ3n) is 1.92. The lowest BCUT2D eigenvalue weighted by molar-refractivity contribution is 0.577. The maximum Gasteiger partial charge on any atom is 0.305 e. The number of rotatable bonds is 6. The Labute approximate surface area is 108 Å². The number of sulfonamides is 2. The summed E-state index contributed by atoms with van der Waals surface area (Å²) in [6, 6.07) is 0. The van der Waals surface area contributed by atoms with E-state index < -0.39 is 24.9 Å². The monoisotopic (exact) mass is 315 g/mol. The topological polar surface area (TPSA) is 139 Å². The van der Waals surface area contributed by atoms with Crippen LogP contribution < -0.4 is 14.7 Å². The molecule has 0 aliphatic rings. The van der Waals surface area contributed by atoms with Crippen LogP contribution in [0.4, 0.5) is 0 Å². The molecule has 0 atom stereocenters. The van der Waals surface area contributed by atoms with E-state index in [1.54, 1.807) is 0 Å². The van der Waals surface area contributed by atoms with E-state index in [1.165, 1.54) is 6.92 Å². The fourth-order valence-electron chi connectivity index (χ4n) is 1.19. The summed E-state index contributed by atoms with van der Waals surface area (Å²) >= 11 is 0.580. The lowest BCUT2D eigenvalue weighted by atomic mass is 10.5. The van der Waals surface area contributed by atoms with Crippen molar-refractivity contribution in [3.63, 3.8) is 0 Å². The molecule has 0 spiro atoms. The van der Waals surface area contributed by atoms with Gasteiger partial charge in [-0.15, -0.1) is 0 Å². The van der Waals surface area contributed by atoms with Crippen molar-refractivity contribution in [3.05, 3.63) is 15.4 Å². The van der Waals surface area contributed by atoms with Gasteiger partial charge >= 0.3 is 4.87 Å². The number of nitrogens with two attached hydrogens (primary N) is 1. The van der Waals surface area contributed by atoms with Crippen molar-refractivity contribution in [2.45, 2.75) is 17.6 Å². The molecule has 0 aliphatic heterocycles. The second kappa shape index (κ2) is 5.48. The van der Waals surface area contributed by atoms with Crippen molar-refractivity contribution in [3.8, 4) is 0 Å². The van der Waals surface area contributed by atoms with Crippen molar-refractivity contribution in [1.29, 1.82) is 0 Å². The lowest BCUT2D eigenvalue weighted by Gasteiger charge is -2.04. The van der Waals surface area contributed by atoms with E-state index in [1.807, 2.05) is 0 Å². The Balaban J connectivity index is 2.67. The van der Waals surface area contributed by atoms with E-state index in [0.717, 1.165) is 0 Å². The molecule has 0 saturated heterocycles. The van der Waals surface area contributed by atoms with Gasteiger partial charge in [0.25, 0.3) is 10.0 Å². The Hall–Kier alpha value is -0.750.